The highest BCUT2D eigenvalue weighted by molar-refractivity contribution is 5.96. The van der Waals surface area contributed by atoms with Crippen molar-refractivity contribution in [3.8, 4) is 0 Å². The second kappa shape index (κ2) is 4.44. The summed E-state index contributed by atoms with van der Waals surface area (Å²) in [7, 11) is 0. The molecule has 1 aromatic carbocycles. The molecular formula is C16H19FN2O3. The van der Waals surface area contributed by atoms with Gasteiger partial charge in [-0.1, -0.05) is 13.8 Å². The minimum absolute atomic E-state index is 0.319. The number of fused-ring (bicyclic) bond motifs is 2. The minimum Gasteiger partial charge on any atom is -0.448 e. The standard InChI is InChI=1S/C16H19FN2O3/c1-14(2)15(3)8-9-16(14,22-13(15)21)12(20)19-18-11-6-4-10(17)5-7-11/h4-7,18H,8-9H2,1-3H3,(H,19,20)/t15-,16+/m0/s1. The Morgan fingerprint density at radius 2 is 1.82 bits per heavy atom. The van der Waals surface area contributed by atoms with E-state index < -0.39 is 16.4 Å². The SMILES string of the molecule is CC1(C)[C@@]2(C)CC[C@]1(C(=O)NNc1ccc(F)cc1)OC2=O. The Morgan fingerprint density at radius 3 is 2.32 bits per heavy atom. The summed E-state index contributed by atoms with van der Waals surface area (Å²) in [6, 6.07) is 5.60. The van der Waals surface area contributed by atoms with Gasteiger partial charge in [0.15, 0.2) is 5.60 Å². The number of halogens is 1. The van der Waals surface area contributed by atoms with E-state index in [0.29, 0.717) is 18.5 Å². The lowest BCUT2D eigenvalue weighted by molar-refractivity contribution is -0.168. The first-order chi connectivity index (χ1) is 10.2. The number of ether oxygens (including phenoxy) is 1. The first kappa shape index (κ1) is 14.8. The van der Waals surface area contributed by atoms with Crippen LogP contribution in [0, 0.1) is 16.6 Å². The topological polar surface area (TPSA) is 67.4 Å². The number of benzene rings is 1. The summed E-state index contributed by atoms with van der Waals surface area (Å²) in [4.78, 5) is 24.8. The molecule has 1 saturated heterocycles. The van der Waals surface area contributed by atoms with E-state index in [1.807, 2.05) is 20.8 Å². The van der Waals surface area contributed by atoms with Gasteiger partial charge in [-0.3, -0.25) is 20.4 Å². The molecule has 1 amide bonds. The highest BCUT2D eigenvalue weighted by atomic mass is 19.1. The zero-order chi connectivity index (χ0) is 16.2. The van der Waals surface area contributed by atoms with Gasteiger partial charge < -0.3 is 4.74 Å². The fourth-order valence-corrected chi connectivity index (χ4v) is 3.51. The van der Waals surface area contributed by atoms with Crippen LogP contribution in [-0.2, 0) is 14.3 Å². The van der Waals surface area contributed by atoms with E-state index in [2.05, 4.69) is 10.9 Å². The van der Waals surface area contributed by atoms with Gasteiger partial charge in [0.05, 0.1) is 11.1 Å². The van der Waals surface area contributed by atoms with Crippen LogP contribution < -0.4 is 10.9 Å². The molecule has 2 atom stereocenters. The molecule has 1 aliphatic carbocycles. The van der Waals surface area contributed by atoms with Gasteiger partial charge in [0.25, 0.3) is 5.91 Å². The Hall–Kier alpha value is -2.11. The van der Waals surface area contributed by atoms with Crippen molar-refractivity contribution in [2.24, 2.45) is 10.8 Å². The third-order valence-electron chi connectivity index (χ3n) is 5.61. The molecular weight excluding hydrogens is 287 g/mol. The fourth-order valence-electron chi connectivity index (χ4n) is 3.51. The van der Waals surface area contributed by atoms with Crippen molar-refractivity contribution < 1.29 is 18.7 Å². The lowest BCUT2D eigenvalue weighted by Gasteiger charge is -2.35. The summed E-state index contributed by atoms with van der Waals surface area (Å²) in [5.41, 5.74) is 3.48. The molecule has 2 fully saturated rings. The van der Waals surface area contributed by atoms with Gasteiger partial charge in [0.1, 0.15) is 5.82 Å². The van der Waals surface area contributed by atoms with Crippen LogP contribution in [0.2, 0.25) is 0 Å². The predicted molar refractivity (Wildman–Crippen MR) is 78.1 cm³/mol. The molecule has 6 heteroatoms. The molecule has 1 saturated carbocycles. The number of carbonyl (C=O) groups excluding carboxylic acids is 2. The highest BCUT2D eigenvalue weighted by Gasteiger charge is 2.75. The number of esters is 1. The van der Waals surface area contributed by atoms with Gasteiger partial charge in [-0.15, -0.1) is 0 Å². The Bertz CT molecular complexity index is 643. The van der Waals surface area contributed by atoms with Crippen LogP contribution >= 0.6 is 0 Å². The van der Waals surface area contributed by atoms with Gasteiger partial charge in [0, 0.05) is 5.41 Å². The molecule has 118 valence electrons. The largest absolute Gasteiger partial charge is 0.448 e. The van der Waals surface area contributed by atoms with Gasteiger partial charge in [0.2, 0.25) is 0 Å². The van der Waals surface area contributed by atoms with Crippen molar-refractivity contribution in [3.05, 3.63) is 30.1 Å². The number of nitrogens with one attached hydrogen (secondary N) is 2. The maximum atomic E-state index is 12.9. The Labute approximate surface area is 128 Å². The van der Waals surface area contributed by atoms with E-state index >= 15 is 0 Å². The van der Waals surface area contributed by atoms with Gasteiger partial charge >= 0.3 is 5.97 Å². The summed E-state index contributed by atoms with van der Waals surface area (Å²) in [6.07, 6.45) is 1.13. The van der Waals surface area contributed by atoms with Crippen molar-refractivity contribution in [1.29, 1.82) is 0 Å². The predicted octanol–water partition coefficient (Wildman–Crippen LogP) is 2.39. The zero-order valence-corrected chi connectivity index (χ0v) is 12.8. The van der Waals surface area contributed by atoms with Crippen LogP contribution in [0.4, 0.5) is 10.1 Å². The third kappa shape index (κ3) is 1.69. The third-order valence-corrected chi connectivity index (χ3v) is 5.61. The molecule has 5 nitrogen and oxygen atoms in total. The van der Waals surface area contributed by atoms with Crippen LogP contribution in [0.15, 0.2) is 24.3 Å². The molecule has 2 N–H and O–H groups in total. The number of anilines is 1. The second-order valence-electron chi connectivity index (χ2n) is 6.76. The van der Waals surface area contributed by atoms with Crippen molar-refractivity contribution in [2.75, 3.05) is 5.43 Å². The summed E-state index contributed by atoms with van der Waals surface area (Å²) in [5, 5.41) is 0. The lowest BCUT2D eigenvalue weighted by atomic mass is 9.66. The minimum atomic E-state index is -1.16. The van der Waals surface area contributed by atoms with E-state index in [9.17, 15) is 14.0 Å². The smallest absolute Gasteiger partial charge is 0.313 e. The van der Waals surface area contributed by atoms with Crippen LogP contribution in [-0.4, -0.2) is 17.5 Å². The summed E-state index contributed by atoms with van der Waals surface area (Å²) >= 11 is 0. The number of rotatable bonds is 3. The molecule has 0 radical (unpaired) electrons. The van der Waals surface area contributed by atoms with Crippen molar-refractivity contribution >= 4 is 17.6 Å². The molecule has 22 heavy (non-hydrogen) atoms. The van der Waals surface area contributed by atoms with E-state index in [1.54, 1.807) is 0 Å². The van der Waals surface area contributed by atoms with Crippen LogP contribution in [0.3, 0.4) is 0 Å². The van der Waals surface area contributed by atoms with E-state index in [0.717, 1.165) is 0 Å². The molecule has 1 aromatic rings. The first-order valence-electron chi connectivity index (χ1n) is 7.28. The molecule has 2 bridgehead atoms. The van der Waals surface area contributed by atoms with Gasteiger partial charge in [-0.05, 0) is 44.0 Å². The molecule has 0 aromatic heterocycles. The van der Waals surface area contributed by atoms with E-state index in [-0.39, 0.29) is 17.7 Å². The van der Waals surface area contributed by atoms with E-state index in [1.165, 1.54) is 24.3 Å². The average Bonchev–Trinajstić information content (AvgIpc) is 2.77. The van der Waals surface area contributed by atoms with Gasteiger partial charge in [-0.25, -0.2) is 4.39 Å². The average molecular weight is 306 g/mol. The number of carbonyl (C=O) groups is 2. The van der Waals surface area contributed by atoms with Crippen molar-refractivity contribution in [1.82, 2.24) is 5.43 Å². The fraction of sp³-hybridized carbons (Fsp3) is 0.500. The van der Waals surface area contributed by atoms with Crippen LogP contribution in [0.1, 0.15) is 33.6 Å². The molecule has 3 rings (SSSR count). The Morgan fingerprint density at radius 1 is 1.18 bits per heavy atom. The van der Waals surface area contributed by atoms with E-state index in [4.69, 9.17) is 4.74 Å². The maximum absolute atomic E-state index is 12.9. The molecule has 1 aliphatic heterocycles. The summed E-state index contributed by atoms with van der Waals surface area (Å²) in [6.45, 7) is 5.63. The Balaban J connectivity index is 1.78. The molecule has 2 aliphatic rings. The van der Waals surface area contributed by atoms with Crippen molar-refractivity contribution in [2.45, 2.75) is 39.2 Å². The number of hydrogen-bond acceptors (Lipinski definition) is 4. The zero-order valence-electron chi connectivity index (χ0n) is 12.8. The molecule has 0 spiro atoms. The lowest BCUT2D eigenvalue weighted by Crippen LogP contribution is -2.54. The summed E-state index contributed by atoms with van der Waals surface area (Å²) < 4.78 is 18.4. The van der Waals surface area contributed by atoms with Gasteiger partial charge in [-0.2, -0.15) is 0 Å². The van der Waals surface area contributed by atoms with Crippen molar-refractivity contribution in [3.63, 3.8) is 0 Å². The quantitative estimate of drug-likeness (QED) is 0.664. The molecule has 0 unspecified atom stereocenters. The van der Waals surface area contributed by atoms with Crippen LogP contribution in [0.25, 0.3) is 0 Å². The monoisotopic (exact) mass is 306 g/mol. The summed E-state index contributed by atoms with van der Waals surface area (Å²) in [5.74, 6) is -1.05. The number of hydrogen-bond donors (Lipinski definition) is 2. The van der Waals surface area contributed by atoms with Crippen LogP contribution in [0.5, 0.6) is 0 Å². The normalized spacial score (nSPS) is 31.7. The maximum Gasteiger partial charge on any atom is 0.313 e. The number of amides is 1. The highest BCUT2D eigenvalue weighted by Crippen LogP contribution is 2.65. The Kier molecular flexibility index (Phi) is 2.99. The first-order valence-corrected chi connectivity index (χ1v) is 7.28. The second-order valence-corrected chi connectivity index (χ2v) is 6.76. The molecule has 1 heterocycles. The number of hydrazine groups is 1.